The van der Waals surface area contributed by atoms with Gasteiger partial charge in [0, 0.05) is 5.54 Å². The van der Waals surface area contributed by atoms with Crippen LogP contribution >= 0.6 is 0 Å². The maximum atomic E-state index is 10.9. The molecule has 1 N–H and O–H groups in total. The number of nitrogens with one attached hydrogen (secondary N) is 1. The van der Waals surface area contributed by atoms with Crippen LogP contribution in [0.5, 0.6) is 0 Å². The van der Waals surface area contributed by atoms with Crippen molar-refractivity contribution < 1.29 is 4.79 Å². The summed E-state index contributed by atoms with van der Waals surface area (Å²) in [5, 5.41) is 2.98. The van der Waals surface area contributed by atoms with Gasteiger partial charge in [0.2, 0.25) is 5.91 Å². The molecule has 11 heavy (non-hydrogen) atoms. The summed E-state index contributed by atoms with van der Waals surface area (Å²) in [5.74, 6) is -0.0215. The van der Waals surface area contributed by atoms with Crippen molar-refractivity contribution in [1.29, 1.82) is 0 Å². The lowest BCUT2D eigenvalue weighted by Crippen LogP contribution is -2.73. The molecule has 1 amide bonds. The summed E-state index contributed by atoms with van der Waals surface area (Å²) in [4.78, 5) is 10.9. The molecule has 0 heterocycles. The molecule has 2 bridgehead atoms. The van der Waals surface area contributed by atoms with Crippen LogP contribution in [-0.2, 0) is 4.79 Å². The van der Waals surface area contributed by atoms with Crippen LogP contribution in [-0.4, -0.2) is 11.4 Å². The standard InChI is InChI=1S/C9H13NO/c1-3-7(11)10-9-4-8(2,5-9)6-9/h3H,1,4-6H2,2H3,(H,10,11). The molecule has 0 aromatic carbocycles. The van der Waals surface area contributed by atoms with Crippen molar-refractivity contribution in [2.45, 2.75) is 31.7 Å². The molecule has 0 radical (unpaired) electrons. The predicted octanol–water partition coefficient (Wildman–Crippen LogP) is 1.23. The van der Waals surface area contributed by atoms with E-state index in [1.54, 1.807) is 0 Å². The average Bonchev–Trinajstić information content (AvgIpc) is 1.82. The van der Waals surface area contributed by atoms with Crippen LogP contribution in [0.3, 0.4) is 0 Å². The van der Waals surface area contributed by atoms with Crippen molar-refractivity contribution in [1.82, 2.24) is 5.32 Å². The van der Waals surface area contributed by atoms with Crippen LogP contribution in [0.1, 0.15) is 26.2 Å². The molecule has 0 aromatic rings. The van der Waals surface area contributed by atoms with Crippen LogP contribution in [0, 0.1) is 5.41 Å². The molecule has 60 valence electrons. The Morgan fingerprint density at radius 2 is 2.09 bits per heavy atom. The lowest BCUT2D eigenvalue weighted by molar-refractivity contribution is -0.153. The summed E-state index contributed by atoms with van der Waals surface area (Å²) in [6.45, 7) is 5.70. The van der Waals surface area contributed by atoms with E-state index in [2.05, 4.69) is 18.8 Å². The first-order valence-electron chi connectivity index (χ1n) is 4.02. The van der Waals surface area contributed by atoms with Crippen molar-refractivity contribution in [3.63, 3.8) is 0 Å². The lowest BCUT2D eigenvalue weighted by atomic mass is 9.40. The second kappa shape index (κ2) is 1.68. The Hall–Kier alpha value is -0.790. The van der Waals surface area contributed by atoms with Gasteiger partial charge in [-0.3, -0.25) is 4.79 Å². The molecule has 3 aliphatic rings. The third kappa shape index (κ3) is 0.817. The molecule has 3 fully saturated rings. The first kappa shape index (κ1) is 6.89. The zero-order valence-corrected chi connectivity index (χ0v) is 6.81. The van der Waals surface area contributed by atoms with Gasteiger partial charge in [-0.2, -0.15) is 0 Å². The maximum Gasteiger partial charge on any atom is 0.243 e. The summed E-state index contributed by atoms with van der Waals surface area (Å²) in [5.41, 5.74) is 0.745. The van der Waals surface area contributed by atoms with Gasteiger partial charge in [-0.25, -0.2) is 0 Å². The Balaban J connectivity index is 1.91. The first-order chi connectivity index (χ1) is 5.08. The van der Waals surface area contributed by atoms with E-state index in [0.29, 0.717) is 5.41 Å². The van der Waals surface area contributed by atoms with Gasteiger partial charge in [0.05, 0.1) is 0 Å². The fourth-order valence-corrected chi connectivity index (χ4v) is 2.74. The Morgan fingerprint density at radius 3 is 2.45 bits per heavy atom. The SMILES string of the molecule is C=CC(=O)NC12CC(C)(C1)C2. The fourth-order valence-electron chi connectivity index (χ4n) is 2.74. The van der Waals surface area contributed by atoms with Crippen LogP contribution in [0.25, 0.3) is 0 Å². The number of carbonyl (C=O) groups excluding carboxylic acids is 1. The topological polar surface area (TPSA) is 29.1 Å². The van der Waals surface area contributed by atoms with Crippen LogP contribution in [0.4, 0.5) is 0 Å². The number of hydrogen-bond donors (Lipinski definition) is 1. The number of amides is 1. The first-order valence-corrected chi connectivity index (χ1v) is 4.02. The summed E-state index contributed by atoms with van der Waals surface area (Å²) < 4.78 is 0. The summed E-state index contributed by atoms with van der Waals surface area (Å²) in [7, 11) is 0. The molecule has 0 atom stereocenters. The van der Waals surface area contributed by atoms with Gasteiger partial charge in [-0.15, -0.1) is 0 Å². The van der Waals surface area contributed by atoms with E-state index >= 15 is 0 Å². The van der Waals surface area contributed by atoms with Crippen LogP contribution in [0.15, 0.2) is 12.7 Å². The summed E-state index contributed by atoms with van der Waals surface area (Å²) >= 11 is 0. The highest BCUT2D eigenvalue weighted by molar-refractivity contribution is 5.87. The third-order valence-electron chi connectivity index (χ3n) is 2.87. The Bertz CT molecular complexity index is 212. The Kier molecular flexibility index (Phi) is 1.05. The molecule has 3 rings (SSSR count). The van der Waals surface area contributed by atoms with Crippen molar-refractivity contribution >= 4 is 5.91 Å². The fraction of sp³-hybridized carbons (Fsp3) is 0.667. The minimum atomic E-state index is -0.0215. The molecule has 2 nitrogen and oxygen atoms in total. The van der Waals surface area contributed by atoms with E-state index in [-0.39, 0.29) is 11.4 Å². The Morgan fingerprint density at radius 1 is 1.55 bits per heavy atom. The van der Waals surface area contributed by atoms with Gasteiger partial charge in [0.15, 0.2) is 0 Å². The lowest BCUT2D eigenvalue weighted by Gasteiger charge is -2.69. The van der Waals surface area contributed by atoms with Gasteiger partial charge in [-0.1, -0.05) is 13.5 Å². The van der Waals surface area contributed by atoms with Crippen molar-refractivity contribution in [3.05, 3.63) is 12.7 Å². The Labute approximate surface area is 66.7 Å². The van der Waals surface area contributed by atoms with Gasteiger partial charge in [-0.05, 0) is 30.8 Å². The number of rotatable bonds is 2. The zero-order valence-electron chi connectivity index (χ0n) is 6.81. The number of hydrogen-bond acceptors (Lipinski definition) is 1. The second-order valence-corrected chi connectivity index (χ2v) is 4.31. The normalized spacial score (nSPS) is 45.2. The molecule has 3 aliphatic carbocycles. The van der Waals surface area contributed by atoms with Gasteiger partial charge in [0.1, 0.15) is 0 Å². The van der Waals surface area contributed by atoms with Crippen LogP contribution in [0.2, 0.25) is 0 Å². The second-order valence-electron chi connectivity index (χ2n) is 4.31. The van der Waals surface area contributed by atoms with Gasteiger partial charge < -0.3 is 5.32 Å². The van der Waals surface area contributed by atoms with Gasteiger partial charge >= 0.3 is 0 Å². The van der Waals surface area contributed by atoms with E-state index in [1.807, 2.05) is 0 Å². The molecule has 0 unspecified atom stereocenters. The maximum absolute atomic E-state index is 10.9. The molecule has 0 aliphatic heterocycles. The van der Waals surface area contributed by atoms with Gasteiger partial charge in [0.25, 0.3) is 0 Å². The smallest absolute Gasteiger partial charge is 0.243 e. The largest absolute Gasteiger partial charge is 0.347 e. The van der Waals surface area contributed by atoms with Crippen molar-refractivity contribution in [3.8, 4) is 0 Å². The predicted molar refractivity (Wildman–Crippen MR) is 43.0 cm³/mol. The van der Waals surface area contributed by atoms with Crippen molar-refractivity contribution in [2.24, 2.45) is 5.41 Å². The van der Waals surface area contributed by atoms with E-state index in [9.17, 15) is 4.79 Å². The average molecular weight is 151 g/mol. The molecule has 0 saturated heterocycles. The third-order valence-corrected chi connectivity index (χ3v) is 2.87. The molecule has 0 spiro atoms. The highest BCUT2D eigenvalue weighted by Gasteiger charge is 2.65. The molecular formula is C9H13NO. The van der Waals surface area contributed by atoms with Crippen molar-refractivity contribution in [2.75, 3.05) is 0 Å². The van der Waals surface area contributed by atoms with E-state index in [1.165, 1.54) is 25.3 Å². The van der Waals surface area contributed by atoms with Crippen LogP contribution < -0.4 is 5.32 Å². The summed E-state index contributed by atoms with van der Waals surface area (Å²) in [6.07, 6.45) is 4.85. The quantitative estimate of drug-likeness (QED) is 0.591. The zero-order chi connectivity index (χ0) is 8.11. The summed E-state index contributed by atoms with van der Waals surface area (Å²) in [6, 6.07) is 0. The van der Waals surface area contributed by atoms with E-state index in [0.717, 1.165) is 0 Å². The molecular weight excluding hydrogens is 138 g/mol. The monoisotopic (exact) mass is 151 g/mol. The van der Waals surface area contributed by atoms with E-state index < -0.39 is 0 Å². The molecule has 2 heteroatoms. The highest BCUT2D eigenvalue weighted by atomic mass is 16.1. The minimum absolute atomic E-state index is 0.0215. The number of carbonyl (C=O) groups is 1. The minimum Gasteiger partial charge on any atom is -0.347 e. The molecule has 0 aromatic heterocycles. The molecule has 3 saturated carbocycles. The highest BCUT2D eigenvalue weighted by Crippen LogP contribution is 2.66. The van der Waals surface area contributed by atoms with E-state index in [4.69, 9.17) is 0 Å².